The third-order valence-electron chi connectivity index (χ3n) is 8.35. The van der Waals surface area contributed by atoms with Crippen LogP contribution < -0.4 is 0 Å². The Morgan fingerprint density at radius 1 is 0.857 bits per heavy atom. The molecule has 1 fully saturated rings. The average molecular weight is 468 g/mol. The molecule has 1 unspecified atom stereocenters. The van der Waals surface area contributed by atoms with E-state index in [-0.39, 0.29) is 0 Å². The first-order chi connectivity index (χ1) is 17.1. The Morgan fingerprint density at radius 2 is 1.57 bits per heavy atom. The molecule has 1 aromatic heterocycles. The Kier molecular flexibility index (Phi) is 7.36. The van der Waals surface area contributed by atoms with E-state index in [0.717, 1.165) is 38.9 Å². The number of hydrogen-bond donors (Lipinski definition) is 0. The number of aryl methyl sites for hydroxylation is 3. The standard InChI is InChI=1S/C32H41N3/c1-5-25-13-11-14-26(6-2)32(25)31-20-28(21-34-17-9-10-18-34)30(23(3)33-31)22-35-19-16-27-12-7-8-15-29(27)24(35)4/h7-8,11-15,20,24H,5-6,9-10,16-19,21-22H2,1-4H3. The molecule has 2 aromatic carbocycles. The molecule has 3 heteroatoms. The molecule has 3 nitrogen and oxygen atoms in total. The van der Waals surface area contributed by atoms with Crippen LogP contribution in [0.3, 0.4) is 0 Å². The normalized spacial score (nSPS) is 18.7. The summed E-state index contributed by atoms with van der Waals surface area (Å²) in [7, 11) is 0. The van der Waals surface area contributed by atoms with Crippen LogP contribution >= 0.6 is 0 Å². The molecule has 0 aliphatic carbocycles. The molecule has 0 amide bonds. The highest BCUT2D eigenvalue weighted by molar-refractivity contribution is 5.69. The van der Waals surface area contributed by atoms with Gasteiger partial charge < -0.3 is 0 Å². The predicted molar refractivity (Wildman–Crippen MR) is 147 cm³/mol. The second kappa shape index (κ2) is 10.6. The molecule has 1 saturated heterocycles. The number of benzene rings is 2. The Labute approximate surface area is 212 Å². The predicted octanol–water partition coefficient (Wildman–Crippen LogP) is 6.90. The Bertz CT molecular complexity index is 1150. The lowest BCUT2D eigenvalue weighted by atomic mass is 9.91. The first-order valence-corrected chi connectivity index (χ1v) is 13.7. The molecule has 5 rings (SSSR count). The van der Waals surface area contributed by atoms with Crippen LogP contribution in [0.2, 0.25) is 0 Å². The maximum absolute atomic E-state index is 5.29. The first-order valence-electron chi connectivity index (χ1n) is 13.7. The average Bonchev–Trinajstić information content (AvgIpc) is 3.40. The molecule has 3 aromatic rings. The molecule has 35 heavy (non-hydrogen) atoms. The smallest absolute Gasteiger partial charge is 0.0714 e. The molecule has 2 aliphatic rings. The molecule has 184 valence electrons. The van der Waals surface area contributed by atoms with Crippen LogP contribution in [0.1, 0.15) is 78.7 Å². The minimum Gasteiger partial charge on any atom is -0.299 e. The summed E-state index contributed by atoms with van der Waals surface area (Å²) in [4.78, 5) is 10.6. The summed E-state index contributed by atoms with van der Waals surface area (Å²) in [5.74, 6) is 0. The highest BCUT2D eigenvalue weighted by Gasteiger charge is 2.26. The summed E-state index contributed by atoms with van der Waals surface area (Å²) < 4.78 is 0. The van der Waals surface area contributed by atoms with Crippen molar-refractivity contribution in [2.75, 3.05) is 19.6 Å². The van der Waals surface area contributed by atoms with Gasteiger partial charge in [0, 0.05) is 36.9 Å². The largest absolute Gasteiger partial charge is 0.299 e. The van der Waals surface area contributed by atoms with Crippen molar-refractivity contribution >= 4 is 0 Å². The Morgan fingerprint density at radius 3 is 2.29 bits per heavy atom. The van der Waals surface area contributed by atoms with E-state index in [0.29, 0.717) is 6.04 Å². The lowest BCUT2D eigenvalue weighted by molar-refractivity contribution is 0.187. The SMILES string of the molecule is CCc1cccc(CC)c1-c1cc(CN2CCCC2)c(CN2CCc3ccccc3C2C)c(C)n1. The lowest BCUT2D eigenvalue weighted by Crippen LogP contribution is -2.34. The molecular formula is C32H41N3. The summed E-state index contributed by atoms with van der Waals surface area (Å²) in [6.07, 6.45) is 5.86. The lowest BCUT2D eigenvalue weighted by Gasteiger charge is -2.36. The number of hydrogen-bond acceptors (Lipinski definition) is 3. The summed E-state index contributed by atoms with van der Waals surface area (Å²) in [6.45, 7) is 14.7. The van der Waals surface area contributed by atoms with Gasteiger partial charge in [0.2, 0.25) is 0 Å². The number of rotatable bonds is 7. The second-order valence-corrected chi connectivity index (χ2v) is 10.5. The van der Waals surface area contributed by atoms with E-state index in [1.54, 1.807) is 0 Å². The molecule has 0 N–H and O–H groups in total. The van der Waals surface area contributed by atoms with Gasteiger partial charge in [0.05, 0.1) is 5.69 Å². The maximum Gasteiger partial charge on any atom is 0.0714 e. The van der Waals surface area contributed by atoms with Crippen LogP contribution in [0, 0.1) is 6.92 Å². The maximum atomic E-state index is 5.29. The van der Waals surface area contributed by atoms with Crippen LogP contribution in [0.25, 0.3) is 11.3 Å². The summed E-state index contributed by atoms with van der Waals surface area (Å²) in [6, 6.07) is 18.7. The van der Waals surface area contributed by atoms with Crippen molar-refractivity contribution < 1.29 is 0 Å². The Balaban J connectivity index is 1.54. The second-order valence-electron chi connectivity index (χ2n) is 10.5. The van der Waals surface area contributed by atoms with Gasteiger partial charge in [-0.2, -0.15) is 0 Å². The number of fused-ring (bicyclic) bond motifs is 1. The van der Waals surface area contributed by atoms with Crippen LogP contribution in [-0.4, -0.2) is 34.4 Å². The number of nitrogens with zero attached hydrogens (tertiary/aromatic N) is 3. The molecule has 2 aliphatic heterocycles. The first kappa shape index (κ1) is 24.2. The molecule has 1 atom stereocenters. The van der Waals surface area contributed by atoms with E-state index in [9.17, 15) is 0 Å². The van der Waals surface area contributed by atoms with E-state index in [1.807, 2.05) is 0 Å². The molecule has 0 radical (unpaired) electrons. The number of likely N-dealkylation sites (tertiary alicyclic amines) is 1. The van der Waals surface area contributed by atoms with Gasteiger partial charge in [-0.15, -0.1) is 0 Å². The topological polar surface area (TPSA) is 19.4 Å². The Hall–Kier alpha value is -2.49. The molecule has 3 heterocycles. The van der Waals surface area contributed by atoms with Crippen molar-refractivity contribution in [3.63, 3.8) is 0 Å². The molecular weight excluding hydrogens is 426 g/mol. The quantitative estimate of drug-likeness (QED) is 0.377. The molecule has 0 spiro atoms. The van der Waals surface area contributed by atoms with Crippen molar-refractivity contribution in [1.29, 1.82) is 0 Å². The van der Waals surface area contributed by atoms with Gasteiger partial charge in [0.15, 0.2) is 0 Å². The van der Waals surface area contributed by atoms with Gasteiger partial charge in [-0.3, -0.25) is 14.8 Å². The van der Waals surface area contributed by atoms with Gasteiger partial charge in [0.1, 0.15) is 0 Å². The van der Waals surface area contributed by atoms with E-state index < -0.39 is 0 Å². The number of aromatic nitrogens is 1. The highest BCUT2D eigenvalue weighted by Crippen LogP contribution is 2.34. The zero-order valence-corrected chi connectivity index (χ0v) is 22.1. The van der Waals surface area contributed by atoms with Crippen LogP contribution in [0.5, 0.6) is 0 Å². The van der Waals surface area contributed by atoms with Gasteiger partial charge >= 0.3 is 0 Å². The van der Waals surface area contributed by atoms with Crippen molar-refractivity contribution in [2.45, 2.75) is 78.9 Å². The fourth-order valence-electron chi connectivity index (χ4n) is 6.25. The zero-order chi connectivity index (χ0) is 24.4. The van der Waals surface area contributed by atoms with E-state index in [2.05, 4.69) is 86.0 Å². The third kappa shape index (κ3) is 4.94. The van der Waals surface area contributed by atoms with E-state index in [4.69, 9.17) is 4.98 Å². The third-order valence-corrected chi connectivity index (χ3v) is 8.35. The van der Waals surface area contributed by atoms with Crippen LogP contribution in [0.4, 0.5) is 0 Å². The molecule has 0 saturated carbocycles. The van der Waals surface area contributed by atoms with Crippen LogP contribution in [-0.2, 0) is 32.4 Å². The highest BCUT2D eigenvalue weighted by atomic mass is 15.2. The summed E-state index contributed by atoms with van der Waals surface area (Å²) >= 11 is 0. The van der Waals surface area contributed by atoms with Crippen molar-refractivity contribution in [3.8, 4) is 11.3 Å². The van der Waals surface area contributed by atoms with Gasteiger partial charge in [-0.05, 0) is 98.5 Å². The van der Waals surface area contributed by atoms with Gasteiger partial charge in [0.25, 0.3) is 0 Å². The van der Waals surface area contributed by atoms with Gasteiger partial charge in [-0.1, -0.05) is 56.3 Å². The monoisotopic (exact) mass is 467 g/mol. The minimum atomic E-state index is 0.436. The summed E-state index contributed by atoms with van der Waals surface area (Å²) in [5.41, 5.74) is 12.5. The van der Waals surface area contributed by atoms with E-state index in [1.165, 1.54) is 76.3 Å². The van der Waals surface area contributed by atoms with Gasteiger partial charge in [-0.25, -0.2) is 0 Å². The van der Waals surface area contributed by atoms with E-state index >= 15 is 0 Å². The minimum absolute atomic E-state index is 0.436. The van der Waals surface area contributed by atoms with Crippen LogP contribution in [0.15, 0.2) is 48.5 Å². The summed E-state index contributed by atoms with van der Waals surface area (Å²) in [5, 5.41) is 0. The number of pyridine rings is 1. The van der Waals surface area contributed by atoms with Crippen molar-refractivity contribution in [1.82, 2.24) is 14.8 Å². The van der Waals surface area contributed by atoms with Crippen molar-refractivity contribution in [2.24, 2.45) is 0 Å². The fraction of sp³-hybridized carbons (Fsp3) is 0.469. The van der Waals surface area contributed by atoms with Crippen molar-refractivity contribution in [3.05, 3.63) is 87.6 Å². The fourth-order valence-corrected chi connectivity index (χ4v) is 6.25. The zero-order valence-electron chi connectivity index (χ0n) is 22.1. The molecule has 0 bridgehead atoms.